The molecule has 13 nitrogen and oxygen atoms in total. The zero-order valence-electron chi connectivity index (χ0n) is 35.8. The fourth-order valence-electron chi connectivity index (χ4n) is 6.24. The lowest BCUT2D eigenvalue weighted by molar-refractivity contribution is -0.138. The van der Waals surface area contributed by atoms with Crippen LogP contribution in [-0.2, 0) is 19.1 Å². The van der Waals surface area contributed by atoms with Gasteiger partial charge in [-0.1, -0.05) is 44.7 Å². The first kappa shape index (κ1) is 46.0. The van der Waals surface area contributed by atoms with E-state index in [1.165, 1.54) is 25.1 Å². The van der Waals surface area contributed by atoms with Crippen LogP contribution in [0.3, 0.4) is 0 Å². The Morgan fingerprint density at radius 3 is 1.67 bits per heavy atom. The summed E-state index contributed by atoms with van der Waals surface area (Å²) in [6.45, 7) is 10.6. The molecule has 1 atom stereocenters. The van der Waals surface area contributed by atoms with Crippen LogP contribution in [0.25, 0.3) is 21.5 Å². The number of unbranched alkanes of at least 4 members (excludes halogenated alkanes) is 3. The summed E-state index contributed by atoms with van der Waals surface area (Å²) < 4.78 is 43.8. The average molecular weight is 869 g/mol. The highest BCUT2D eigenvalue weighted by Gasteiger charge is 2.23. The number of rotatable bonds is 19. The maximum Gasteiger partial charge on any atom is 0.343 e. The molecule has 1 heterocycles. The molecule has 13 heteroatoms. The molecule has 0 bridgehead atoms. The van der Waals surface area contributed by atoms with Crippen LogP contribution < -0.4 is 28.4 Å². The first-order chi connectivity index (χ1) is 31.1. The molecule has 6 aromatic rings. The molecule has 1 aliphatic heterocycles. The standard InChI is InChI=1S/C49H42O13.C2H6/c1-3-46(51)56-23-7-5-4-6-22-55-40-18-14-33-24-37(10-8-35(33)26-40)48(53)61-42-20-21-44(45(28-42)59-31(2)50)62-49(54)38-11-9-36-27-41(19-15-34(36)25-38)60-47(52)32-12-16-39(17-13-32)57-29-43-30-58-43;1-2/h3,8-21,24-28,43H,1,4-7,22-23,29-30H2,2H3;1-2H3. The van der Waals surface area contributed by atoms with Crippen LogP contribution in [0.5, 0.6) is 34.5 Å². The largest absolute Gasteiger partial charge is 0.494 e. The van der Waals surface area contributed by atoms with Crippen molar-refractivity contribution in [2.24, 2.45) is 0 Å². The number of hydrogen-bond donors (Lipinski definition) is 0. The molecule has 0 radical (unpaired) electrons. The van der Waals surface area contributed by atoms with Gasteiger partial charge in [-0.25, -0.2) is 19.2 Å². The normalized spacial score (nSPS) is 12.5. The van der Waals surface area contributed by atoms with Gasteiger partial charge in [-0.15, -0.1) is 0 Å². The molecule has 6 aromatic carbocycles. The Morgan fingerprint density at radius 2 is 1.05 bits per heavy atom. The van der Waals surface area contributed by atoms with Crippen molar-refractivity contribution in [1.82, 2.24) is 0 Å². The summed E-state index contributed by atoms with van der Waals surface area (Å²) in [5, 5.41) is 3.05. The molecule has 0 N–H and O–H groups in total. The Morgan fingerprint density at radius 1 is 0.547 bits per heavy atom. The highest BCUT2D eigenvalue weighted by Crippen LogP contribution is 2.34. The van der Waals surface area contributed by atoms with Crippen LogP contribution in [0, 0.1) is 0 Å². The molecule has 0 aliphatic carbocycles. The quantitative estimate of drug-likeness (QED) is 0.0249. The number of carbonyl (C=O) groups excluding carboxylic acids is 5. The van der Waals surface area contributed by atoms with Crippen LogP contribution in [-0.4, -0.2) is 62.4 Å². The van der Waals surface area contributed by atoms with Crippen molar-refractivity contribution in [3.05, 3.63) is 145 Å². The predicted octanol–water partition coefficient (Wildman–Crippen LogP) is 10.0. The van der Waals surface area contributed by atoms with E-state index in [0.29, 0.717) is 60.0 Å². The molecule has 64 heavy (non-hydrogen) atoms. The molecule has 7 rings (SSSR count). The van der Waals surface area contributed by atoms with Crippen LogP contribution in [0.2, 0.25) is 0 Å². The molecular formula is C51H48O13. The molecule has 1 aliphatic rings. The minimum atomic E-state index is -0.733. The molecule has 1 unspecified atom stereocenters. The Balaban J connectivity index is 0.00000335. The van der Waals surface area contributed by atoms with Crippen molar-refractivity contribution < 1.29 is 61.9 Å². The topological polar surface area (TPSA) is 162 Å². The maximum atomic E-state index is 13.3. The van der Waals surface area contributed by atoms with Gasteiger partial charge in [0.2, 0.25) is 0 Å². The van der Waals surface area contributed by atoms with Crippen LogP contribution >= 0.6 is 0 Å². The Bertz CT molecular complexity index is 2630. The Hall–Kier alpha value is -7.51. The van der Waals surface area contributed by atoms with E-state index < -0.39 is 29.8 Å². The highest BCUT2D eigenvalue weighted by atomic mass is 16.6. The first-order valence-electron chi connectivity index (χ1n) is 20.9. The molecule has 0 aromatic heterocycles. The van der Waals surface area contributed by atoms with Crippen molar-refractivity contribution >= 4 is 51.4 Å². The zero-order chi connectivity index (χ0) is 45.4. The summed E-state index contributed by atoms with van der Waals surface area (Å²) in [7, 11) is 0. The van der Waals surface area contributed by atoms with Crippen molar-refractivity contribution in [3.63, 3.8) is 0 Å². The van der Waals surface area contributed by atoms with E-state index in [1.54, 1.807) is 78.9 Å². The fourth-order valence-corrected chi connectivity index (χ4v) is 6.24. The number of hydrogen-bond acceptors (Lipinski definition) is 13. The van der Waals surface area contributed by atoms with Gasteiger partial charge in [-0.2, -0.15) is 0 Å². The van der Waals surface area contributed by atoms with E-state index in [-0.39, 0.29) is 34.5 Å². The van der Waals surface area contributed by atoms with E-state index in [4.69, 9.17) is 37.9 Å². The van der Waals surface area contributed by atoms with Crippen LogP contribution in [0.15, 0.2) is 128 Å². The summed E-state index contributed by atoms with van der Waals surface area (Å²) >= 11 is 0. The maximum absolute atomic E-state index is 13.3. The Kier molecular flexibility index (Phi) is 16.2. The van der Waals surface area contributed by atoms with Crippen molar-refractivity contribution in [1.29, 1.82) is 0 Å². The van der Waals surface area contributed by atoms with Gasteiger partial charge < -0.3 is 37.9 Å². The lowest BCUT2D eigenvalue weighted by atomic mass is 10.1. The van der Waals surface area contributed by atoms with E-state index in [9.17, 15) is 24.0 Å². The molecule has 1 saturated heterocycles. The van der Waals surface area contributed by atoms with Crippen molar-refractivity contribution in [2.75, 3.05) is 26.4 Å². The number of carbonyl (C=O) groups is 5. The van der Waals surface area contributed by atoms with E-state index in [2.05, 4.69) is 6.58 Å². The number of fused-ring (bicyclic) bond motifs is 2. The van der Waals surface area contributed by atoms with Crippen molar-refractivity contribution in [3.8, 4) is 34.5 Å². The molecule has 1 fully saturated rings. The second-order valence-corrected chi connectivity index (χ2v) is 14.2. The van der Waals surface area contributed by atoms with E-state index in [1.807, 2.05) is 32.0 Å². The van der Waals surface area contributed by atoms with Gasteiger partial charge in [0.05, 0.1) is 36.5 Å². The highest BCUT2D eigenvalue weighted by molar-refractivity contribution is 5.98. The minimum Gasteiger partial charge on any atom is -0.494 e. The predicted molar refractivity (Wildman–Crippen MR) is 239 cm³/mol. The second-order valence-electron chi connectivity index (χ2n) is 14.2. The van der Waals surface area contributed by atoms with E-state index >= 15 is 0 Å². The first-order valence-corrected chi connectivity index (χ1v) is 20.9. The molecular weight excluding hydrogens is 821 g/mol. The van der Waals surface area contributed by atoms with Gasteiger partial charge >= 0.3 is 29.8 Å². The molecule has 0 amide bonds. The summed E-state index contributed by atoms with van der Waals surface area (Å²) in [5.41, 5.74) is 0.841. The third-order valence-corrected chi connectivity index (χ3v) is 9.53. The van der Waals surface area contributed by atoms with Gasteiger partial charge in [0, 0.05) is 19.1 Å². The monoisotopic (exact) mass is 868 g/mol. The van der Waals surface area contributed by atoms with E-state index in [0.717, 1.165) is 42.5 Å². The summed E-state index contributed by atoms with van der Waals surface area (Å²) in [6.07, 6.45) is 4.75. The number of ether oxygens (including phenoxy) is 8. The average Bonchev–Trinajstić information content (AvgIpc) is 4.15. The fraction of sp³-hybridized carbons (Fsp3) is 0.235. The van der Waals surface area contributed by atoms with Crippen molar-refractivity contribution in [2.45, 2.75) is 52.6 Å². The molecule has 0 spiro atoms. The third kappa shape index (κ3) is 13.2. The van der Waals surface area contributed by atoms with Gasteiger partial charge in [-0.3, -0.25) is 4.79 Å². The third-order valence-electron chi connectivity index (χ3n) is 9.53. The second kappa shape index (κ2) is 22.5. The summed E-state index contributed by atoms with van der Waals surface area (Å²) in [4.78, 5) is 62.5. The smallest absolute Gasteiger partial charge is 0.343 e. The zero-order valence-corrected chi connectivity index (χ0v) is 35.8. The lowest BCUT2D eigenvalue weighted by Gasteiger charge is -2.12. The van der Waals surface area contributed by atoms with Gasteiger partial charge in [0.1, 0.15) is 35.7 Å². The molecule has 330 valence electrons. The SMILES string of the molecule is C=CC(=O)OCCCCCCOc1ccc2cc(C(=O)Oc3ccc(OC(=O)c4ccc5cc(OC(=O)c6ccc(OCC7CO7)cc6)ccc5c4)c(OC(C)=O)c3)ccc2c1.CC. The number of epoxide rings is 1. The van der Waals surface area contributed by atoms with Gasteiger partial charge in [0.15, 0.2) is 11.5 Å². The minimum absolute atomic E-state index is 0.0559. The summed E-state index contributed by atoms with van der Waals surface area (Å²) in [6, 6.07) is 31.3. The van der Waals surface area contributed by atoms with Gasteiger partial charge in [-0.05, 0) is 132 Å². The lowest BCUT2D eigenvalue weighted by Crippen LogP contribution is -2.12. The molecule has 0 saturated carbocycles. The van der Waals surface area contributed by atoms with Crippen LogP contribution in [0.4, 0.5) is 0 Å². The Labute approximate surface area is 370 Å². The number of benzene rings is 6. The summed E-state index contributed by atoms with van der Waals surface area (Å²) in [5.74, 6) is -1.52. The number of esters is 5. The van der Waals surface area contributed by atoms with Gasteiger partial charge in [0.25, 0.3) is 0 Å². The van der Waals surface area contributed by atoms with Crippen LogP contribution in [0.1, 0.15) is 77.5 Å².